The largest absolute Gasteiger partial charge is 0.481 e. The highest BCUT2D eigenvalue weighted by molar-refractivity contribution is 6.15. The molecule has 1 fully saturated rings. The number of Topliss-reactive ketones (excluding diaryl/α,β-unsaturated/α-hetero) is 2. The van der Waals surface area contributed by atoms with Gasteiger partial charge in [-0.15, -0.1) is 0 Å². The fourth-order valence-corrected chi connectivity index (χ4v) is 4.37. The molecule has 0 aliphatic carbocycles. The Kier molecular flexibility index (Phi) is 6.48. The summed E-state index contributed by atoms with van der Waals surface area (Å²) in [5.74, 6) is 1.37. The first-order valence-corrected chi connectivity index (χ1v) is 11.0. The van der Waals surface area contributed by atoms with E-state index in [1.165, 1.54) is 7.11 Å². The lowest BCUT2D eigenvalue weighted by atomic mass is 9.89. The van der Waals surface area contributed by atoms with Crippen molar-refractivity contribution in [3.8, 4) is 5.88 Å². The van der Waals surface area contributed by atoms with E-state index in [1.54, 1.807) is 24.4 Å². The van der Waals surface area contributed by atoms with Gasteiger partial charge in [-0.1, -0.05) is 0 Å². The quantitative estimate of drug-likeness (QED) is 0.620. The van der Waals surface area contributed by atoms with Crippen LogP contribution in [0.15, 0.2) is 35.6 Å². The number of pyridine rings is 1. The zero-order valence-electron chi connectivity index (χ0n) is 18.5. The first kappa shape index (κ1) is 21.9. The zero-order chi connectivity index (χ0) is 22.7. The molecule has 2 aromatic heterocycles. The third kappa shape index (κ3) is 4.64. The second-order valence-electron chi connectivity index (χ2n) is 8.40. The number of aryl methyl sites for hydroxylation is 1. The van der Waals surface area contributed by atoms with Crippen LogP contribution in [0.2, 0.25) is 0 Å². The van der Waals surface area contributed by atoms with Gasteiger partial charge in [-0.3, -0.25) is 14.4 Å². The molecule has 2 aromatic rings. The van der Waals surface area contributed by atoms with Gasteiger partial charge in [0, 0.05) is 68.6 Å². The molecule has 0 spiro atoms. The van der Waals surface area contributed by atoms with Crippen molar-refractivity contribution in [1.82, 2.24) is 14.5 Å². The Hall–Kier alpha value is -3.29. The average molecular weight is 437 g/mol. The molecular formula is C24H28N4O4. The number of amides is 1. The van der Waals surface area contributed by atoms with Gasteiger partial charge in [0.1, 0.15) is 5.82 Å². The molecule has 2 aliphatic rings. The number of fused-ring (bicyclic) bond motifs is 1. The molecule has 1 amide bonds. The Labute approximate surface area is 187 Å². The molecule has 8 nitrogen and oxygen atoms in total. The summed E-state index contributed by atoms with van der Waals surface area (Å²) in [6.45, 7) is 1.18. The summed E-state index contributed by atoms with van der Waals surface area (Å²) >= 11 is 0. The molecule has 4 rings (SSSR count). The number of carbonyl (C=O) groups is 3. The molecule has 168 valence electrons. The molecule has 4 heterocycles. The van der Waals surface area contributed by atoms with Crippen LogP contribution >= 0.6 is 0 Å². The summed E-state index contributed by atoms with van der Waals surface area (Å²) < 4.78 is 6.89. The van der Waals surface area contributed by atoms with Crippen LogP contribution in [0.25, 0.3) is 0 Å². The van der Waals surface area contributed by atoms with Crippen LogP contribution in [-0.4, -0.2) is 57.8 Å². The highest BCUT2D eigenvalue weighted by Crippen LogP contribution is 2.28. The van der Waals surface area contributed by atoms with Crippen LogP contribution in [0.1, 0.15) is 59.2 Å². The first-order valence-electron chi connectivity index (χ1n) is 11.0. The molecule has 0 bridgehead atoms. The van der Waals surface area contributed by atoms with Crippen LogP contribution in [0.5, 0.6) is 5.88 Å². The Morgan fingerprint density at radius 1 is 1.19 bits per heavy atom. The Morgan fingerprint density at radius 3 is 2.66 bits per heavy atom. The van der Waals surface area contributed by atoms with Gasteiger partial charge in [0.15, 0.2) is 11.6 Å². The van der Waals surface area contributed by atoms with E-state index in [0.717, 1.165) is 5.71 Å². The highest BCUT2D eigenvalue weighted by atomic mass is 16.5. The number of hydrogen-bond acceptors (Lipinski definition) is 6. The van der Waals surface area contributed by atoms with Crippen LogP contribution in [0.3, 0.4) is 0 Å². The van der Waals surface area contributed by atoms with Crippen LogP contribution in [0, 0.1) is 5.92 Å². The zero-order valence-corrected chi connectivity index (χ0v) is 18.5. The summed E-state index contributed by atoms with van der Waals surface area (Å²) in [5, 5.41) is 0. The molecule has 32 heavy (non-hydrogen) atoms. The molecule has 0 aromatic carbocycles. The lowest BCUT2D eigenvalue weighted by Gasteiger charge is -2.31. The maximum Gasteiger partial charge on any atom is 0.222 e. The van der Waals surface area contributed by atoms with Gasteiger partial charge < -0.3 is 14.2 Å². The van der Waals surface area contributed by atoms with Crippen molar-refractivity contribution in [3.63, 3.8) is 0 Å². The summed E-state index contributed by atoms with van der Waals surface area (Å²) in [7, 11) is 3.42. The molecule has 0 atom stereocenters. The predicted molar refractivity (Wildman–Crippen MR) is 120 cm³/mol. The minimum Gasteiger partial charge on any atom is -0.481 e. The predicted octanol–water partition coefficient (Wildman–Crippen LogP) is 3.38. The highest BCUT2D eigenvalue weighted by Gasteiger charge is 2.28. The van der Waals surface area contributed by atoms with E-state index in [0.29, 0.717) is 74.4 Å². The van der Waals surface area contributed by atoms with E-state index in [1.807, 2.05) is 22.7 Å². The number of likely N-dealkylation sites (tertiary alicyclic amines) is 1. The number of ketones is 2. The molecular weight excluding hydrogens is 408 g/mol. The smallest absolute Gasteiger partial charge is 0.222 e. The van der Waals surface area contributed by atoms with Gasteiger partial charge in [0.25, 0.3) is 0 Å². The van der Waals surface area contributed by atoms with Crippen molar-refractivity contribution in [2.75, 3.05) is 20.2 Å². The number of hydrogen-bond donors (Lipinski definition) is 0. The number of aliphatic imine (C=N–C) groups is 1. The normalized spacial score (nSPS) is 16.5. The van der Waals surface area contributed by atoms with Crippen molar-refractivity contribution >= 4 is 29.0 Å². The topological polar surface area (TPSA) is 93.9 Å². The number of rotatable bonds is 7. The lowest BCUT2D eigenvalue weighted by molar-refractivity contribution is -0.132. The van der Waals surface area contributed by atoms with E-state index >= 15 is 0 Å². The molecule has 1 saturated heterocycles. The van der Waals surface area contributed by atoms with Gasteiger partial charge in [-0.25, -0.2) is 9.98 Å². The molecule has 2 aliphatic heterocycles. The average Bonchev–Trinajstić information content (AvgIpc) is 3.20. The summed E-state index contributed by atoms with van der Waals surface area (Å²) in [6, 6.07) is 5.23. The van der Waals surface area contributed by atoms with Gasteiger partial charge in [0.2, 0.25) is 11.8 Å². The van der Waals surface area contributed by atoms with Gasteiger partial charge in [0.05, 0.1) is 12.7 Å². The Morgan fingerprint density at radius 2 is 1.97 bits per heavy atom. The van der Waals surface area contributed by atoms with E-state index < -0.39 is 0 Å². The van der Waals surface area contributed by atoms with E-state index in [-0.39, 0.29) is 23.4 Å². The fraction of sp³-hybridized carbons (Fsp3) is 0.458. The van der Waals surface area contributed by atoms with Crippen molar-refractivity contribution in [1.29, 1.82) is 0 Å². The summed E-state index contributed by atoms with van der Waals surface area (Å²) in [6.07, 6.45) is 6.78. The summed E-state index contributed by atoms with van der Waals surface area (Å²) in [5.41, 5.74) is 2.10. The minimum atomic E-state index is -0.0867. The number of methoxy groups -OCH3 is 1. The van der Waals surface area contributed by atoms with Crippen molar-refractivity contribution in [2.45, 2.75) is 38.5 Å². The van der Waals surface area contributed by atoms with Crippen LogP contribution in [0.4, 0.5) is 5.82 Å². The number of piperidine rings is 1. The Balaban J connectivity index is 1.23. The van der Waals surface area contributed by atoms with Gasteiger partial charge in [-0.05, 0) is 37.8 Å². The molecule has 0 saturated carbocycles. The van der Waals surface area contributed by atoms with Gasteiger partial charge in [-0.2, -0.15) is 0 Å². The standard InChI is InChI=1S/C24H28N4O4/c1-27-11-10-19-20(29)14-18(26-24(19)27)4-3-5-22(30)28-12-8-16(9-13-28)23(31)17-6-7-21(32-2)25-15-17/h6-7,10-11,15-16H,3-5,8-9,12-14H2,1-2H3. The second-order valence-corrected chi connectivity index (χ2v) is 8.40. The third-order valence-corrected chi connectivity index (χ3v) is 6.27. The van der Waals surface area contributed by atoms with Crippen molar-refractivity contribution in [3.05, 3.63) is 41.7 Å². The summed E-state index contributed by atoms with van der Waals surface area (Å²) in [4.78, 5) is 48.2. The van der Waals surface area contributed by atoms with E-state index in [4.69, 9.17) is 4.74 Å². The molecule has 8 heteroatoms. The monoisotopic (exact) mass is 436 g/mol. The van der Waals surface area contributed by atoms with E-state index in [2.05, 4.69) is 9.98 Å². The molecule has 0 N–H and O–H groups in total. The molecule has 0 radical (unpaired) electrons. The van der Waals surface area contributed by atoms with Crippen molar-refractivity contribution in [2.24, 2.45) is 18.0 Å². The third-order valence-electron chi connectivity index (χ3n) is 6.27. The SMILES string of the molecule is COc1ccc(C(=O)C2CCN(C(=O)CCCC3=Nc4c(ccn4C)C(=O)C3)CC2)cn1. The molecule has 0 unspecified atom stereocenters. The number of aromatic nitrogens is 2. The number of nitrogens with zero attached hydrogens (tertiary/aromatic N) is 4. The lowest BCUT2D eigenvalue weighted by Crippen LogP contribution is -2.40. The first-order chi connectivity index (χ1) is 15.5. The second kappa shape index (κ2) is 9.46. The van der Waals surface area contributed by atoms with Crippen LogP contribution in [-0.2, 0) is 11.8 Å². The van der Waals surface area contributed by atoms with E-state index in [9.17, 15) is 14.4 Å². The van der Waals surface area contributed by atoms with Crippen molar-refractivity contribution < 1.29 is 19.1 Å². The minimum absolute atomic E-state index is 0.0762. The van der Waals surface area contributed by atoms with Gasteiger partial charge >= 0.3 is 0 Å². The number of ether oxygens (including phenoxy) is 1. The maximum atomic E-state index is 12.7. The number of carbonyl (C=O) groups excluding carboxylic acids is 3. The fourth-order valence-electron chi connectivity index (χ4n) is 4.37. The van der Waals surface area contributed by atoms with Crippen LogP contribution < -0.4 is 4.74 Å². The maximum absolute atomic E-state index is 12.7. The Bertz CT molecular complexity index is 1050.